The van der Waals surface area contributed by atoms with Gasteiger partial charge in [-0.15, -0.1) is 0 Å². The monoisotopic (exact) mass is 669 g/mol. The number of aromatic nitrogens is 2. The summed E-state index contributed by atoms with van der Waals surface area (Å²) in [5.41, 5.74) is 1.90. The van der Waals surface area contributed by atoms with E-state index in [1.165, 1.54) is 12.1 Å². The number of amides is 2. The van der Waals surface area contributed by atoms with Gasteiger partial charge in [0.25, 0.3) is 0 Å². The first kappa shape index (κ1) is 31.4. The molecule has 0 saturated carbocycles. The number of aryl methyl sites for hydroxylation is 1. The van der Waals surface area contributed by atoms with Gasteiger partial charge in [-0.3, -0.25) is 10.1 Å². The third-order valence-corrected chi connectivity index (χ3v) is 9.66. The molecule has 1 aromatic heterocycles. The van der Waals surface area contributed by atoms with Crippen molar-refractivity contribution in [2.24, 2.45) is 7.05 Å². The number of nitrogens with zero attached hydrogens (tertiary/aromatic N) is 3. The Bertz CT molecular complexity index is 1720. The van der Waals surface area contributed by atoms with Crippen LogP contribution in [0, 0.1) is 5.82 Å². The lowest BCUT2D eigenvalue weighted by Crippen LogP contribution is -2.48. The van der Waals surface area contributed by atoms with Crippen LogP contribution in [0.2, 0.25) is 15.1 Å². The molecule has 8 nitrogen and oxygen atoms in total. The maximum atomic E-state index is 14.2. The number of fused-ring (bicyclic) bond motifs is 2. The van der Waals surface area contributed by atoms with Crippen LogP contribution in [0.1, 0.15) is 53.7 Å². The van der Waals surface area contributed by atoms with Crippen molar-refractivity contribution in [1.82, 2.24) is 19.8 Å². The Labute approximate surface area is 275 Å². The standard InChI is InChI=1S/C33H31Cl3FN5O3/c1-41-17-13-38-30(41)29(20-2-5-22(34)6-3-20)40-31(43)24(21-4-8-26(35)27(36)18-21)10-14-42-15-11-33(12-16-42)25-19-23(37)7-9-28(25)39-32(44)45-33/h2-9,13,17-19,24,29H,10-12,14-16H2,1H3,(H,39,44)(H,40,43). The van der Waals surface area contributed by atoms with Crippen LogP contribution in [0.3, 0.4) is 0 Å². The van der Waals surface area contributed by atoms with Gasteiger partial charge in [0, 0.05) is 56.0 Å². The van der Waals surface area contributed by atoms with Crippen LogP contribution in [-0.2, 0) is 22.2 Å². The molecule has 0 aliphatic carbocycles. The van der Waals surface area contributed by atoms with Crippen molar-refractivity contribution in [3.63, 3.8) is 0 Å². The van der Waals surface area contributed by atoms with Crippen molar-refractivity contribution in [2.45, 2.75) is 36.8 Å². The molecule has 6 rings (SSSR count). The zero-order chi connectivity index (χ0) is 31.7. The first-order valence-corrected chi connectivity index (χ1v) is 15.8. The molecule has 12 heteroatoms. The van der Waals surface area contributed by atoms with Crippen LogP contribution in [-0.4, -0.2) is 46.1 Å². The number of benzene rings is 3. The fourth-order valence-electron chi connectivity index (χ4n) is 6.22. The summed E-state index contributed by atoms with van der Waals surface area (Å²) < 4.78 is 21.8. The van der Waals surface area contributed by atoms with E-state index < -0.39 is 23.7 Å². The van der Waals surface area contributed by atoms with Crippen molar-refractivity contribution in [1.29, 1.82) is 0 Å². The molecule has 3 heterocycles. The largest absolute Gasteiger partial charge is 0.438 e. The van der Waals surface area contributed by atoms with Gasteiger partial charge in [-0.25, -0.2) is 14.2 Å². The number of rotatable bonds is 8. The van der Waals surface area contributed by atoms with Crippen LogP contribution < -0.4 is 10.6 Å². The average Bonchev–Trinajstić information content (AvgIpc) is 3.45. The molecule has 45 heavy (non-hydrogen) atoms. The SMILES string of the molecule is Cn1ccnc1C(NC(=O)C(CCN1CCC2(CC1)OC(=O)Nc1ccc(F)cc12)c1ccc(Cl)c(Cl)c1)c1ccc(Cl)cc1. The molecule has 234 valence electrons. The molecule has 2 aliphatic rings. The maximum absolute atomic E-state index is 14.2. The molecule has 1 fully saturated rings. The smallest absolute Gasteiger partial charge is 0.412 e. The molecular weight excluding hydrogens is 640 g/mol. The zero-order valence-electron chi connectivity index (χ0n) is 24.4. The van der Waals surface area contributed by atoms with Crippen molar-refractivity contribution in [2.75, 3.05) is 25.0 Å². The third kappa shape index (κ3) is 6.67. The van der Waals surface area contributed by atoms with Crippen molar-refractivity contribution < 1.29 is 18.7 Å². The summed E-state index contributed by atoms with van der Waals surface area (Å²) in [5.74, 6) is -0.458. The van der Waals surface area contributed by atoms with E-state index >= 15 is 0 Å². The lowest BCUT2D eigenvalue weighted by atomic mass is 9.82. The highest BCUT2D eigenvalue weighted by molar-refractivity contribution is 6.42. The van der Waals surface area contributed by atoms with E-state index in [0.717, 1.165) is 11.1 Å². The molecule has 2 amide bonds. The molecule has 2 unspecified atom stereocenters. The molecule has 0 radical (unpaired) electrons. The van der Waals surface area contributed by atoms with Gasteiger partial charge in [-0.2, -0.15) is 0 Å². The highest BCUT2D eigenvalue weighted by Gasteiger charge is 2.44. The quantitative estimate of drug-likeness (QED) is 0.203. The predicted molar refractivity (Wildman–Crippen MR) is 172 cm³/mol. The number of likely N-dealkylation sites (tertiary alicyclic amines) is 1. The minimum absolute atomic E-state index is 0.193. The molecule has 1 spiro atoms. The summed E-state index contributed by atoms with van der Waals surface area (Å²) in [7, 11) is 1.88. The van der Waals surface area contributed by atoms with Crippen molar-refractivity contribution in [3.8, 4) is 0 Å². The maximum Gasteiger partial charge on any atom is 0.412 e. The molecule has 3 aromatic carbocycles. The number of carbonyl (C=O) groups excluding carboxylic acids is 2. The summed E-state index contributed by atoms with van der Waals surface area (Å²) >= 11 is 18.8. The molecule has 0 bridgehead atoms. The van der Waals surface area contributed by atoms with E-state index in [2.05, 4.69) is 20.5 Å². The zero-order valence-corrected chi connectivity index (χ0v) is 26.7. The Kier molecular flexibility index (Phi) is 9.06. The lowest BCUT2D eigenvalue weighted by molar-refractivity contribution is -0.123. The van der Waals surface area contributed by atoms with Gasteiger partial charge in [0.15, 0.2) is 0 Å². The fourth-order valence-corrected chi connectivity index (χ4v) is 6.65. The van der Waals surface area contributed by atoms with Gasteiger partial charge in [-0.1, -0.05) is 53.0 Å². The van der Waals surface area contributed by atoms with Crippen LogP contribution in [0.5, 0.6) is 0 Å². The Morgan fingerprint density at radius 3 is 2.47 bits per heavy atom. The van der Waals surface area contributed by atoms with Crippen LogP contribution in [0.25, 0.3) is 0 Å². The minimum Gasteiger partial charge on any atom is -0.438 e. The van der Waals surface area contributed by atoms with Crippen molar-refractivity contribution >= 4 is 52.5 Å². The fraction of sp³-hybridized carbons (Fsp3) is 0.303. The number of hydrogen-bond acceptors (Lipinski definition) is 5. The second kappa shape index (κ2) is 13.0. The van der Waals surface area contributed by atoms with Gasteiger partial charge in [0.2, 0.25) is 5.91 Å². The number of nitrogens with one attached hydrogen (secondary N) is 2. The van der Waals surface area contributed by atoms with Gasteiger partial charge in [0.1, 0.15) is 23.3 Å². The summed E-state index contributed by atoms with van der Waals surface area (Å²) in [6.07, 6.45) is 4.46. The van der Waals surface area contributed by atoms with E-state index in [0.29, 0.717) is 71.0 Å². The summed E-state index contributed by atoms with van der Waals surface area (Å²) in [5, 5.41) is 7.26. The molecule has 2 aliphatic heterocycles. The first-order valence-electron chi connectivity index (χ1n) is 14.6. The number of anilines is 1. The number of hydrogen-bond donors (Lipinski definition) is 2. The number of halogens is 4. The number of piperidine rings is 1. The van der Waals surface area contributed by atoms with Crippen LogP contribution in [0.4, 0.5) is 14.9 Å². The van der Waals surface area contributed by atoms with Gasteiger partial charge in [-0.05, 0) is 66.6 Å². The van der Waals surface area contributed by atoms with E-state index in [1.807, 2.05) is 36.0 Å². The first-order chi connectivity index (χ1) is 21.6. The number of carbonyl (C=O) groups is 2. The van der Waals surface area contributed by atoms with Gasteiger partial charge < -0.3 is 19.5 Å². The lowest BCUT2D eigenvalue weighted by Gasteiger charge is -2.44. The topological polar surface area (TPSA) is 88.5 Å². The average molecular weight is 671 g/mol. The van der Waals surface area contributed by atoms with Crippen LogP contribution in [0.15, 0.2) is 73.1 Å². The summed E-state index contributed by atoms with van der Waals surface area (Å²) in [4.78, 5) is 33.3. The second-order valence-corrected chi connectivity index (χ2v) is 12.7. The molecular formula is C33H31Cl3FN5O3. The Morgan fingerprint density at radius 1 is 1.04 bits per heavy atom. The van der Waals surface area contributed by atoms with E-state index in [9.17, 15) is 14.0 Å². The van der Waals surface area contributed by atoms with Crippen LogP contribution >= 0.6 is 34.8 Å². The number of ether oxygens (including phenoxy) is 1. The minimum atomic E-state index is -0.898. The second-order valence-electron chi connectivity index (χ2n) is 11.4. The predicted octanol–water partition coefficient (Wildman–Crippen LogP) is 7.45. The molecule has 2 N–H and O–H groups in total. The Morgan fingerprint density at radius 2 is 1.78 bits per heavy atom. The van der Waals surface area contributed by atoms with E-state index in [-0.39, 0.29) is 11.7 Å². The normalized spacial score (nSPS) is 17.2. The molecule has 2 atom stereocenters. The Hall–Kier alpha value is -3.63. The Balaban J connectivity index is 1.21. The van der Waals surface area contributed by atoms with E-state index in [4.69, 9.17) is 39.5 Å². The summed E-state index contributed by atoms with van der Waals surface area (Å²) in [6, 6.07) is 16.4. The highest BCUT2D eigenvalue weighted by atomic mass is 35.5. The highest BCUT2D eigenvalue weighted by Crippen LogP contribution is 2.44. The summed E-state index contributed by atoms with van der Waals surface area (Å²) in [6.45, 7) is 1.78. The molecule has 1 saturated heterocycles. The van der Waals surface area contributed by atoms with Gasteiger partial charge >= 0.3 is 6.09 Å². The van der Waals surface area contributed by atoms with Crippen molar-refractivity contribution in [3.05, 3.63) is 116 Å². The molecule has 4 aromatic rings. The van der Waals surface area contributed by atoms with E-state index in [1.54, 1.807) is 36.5 Å². The van der Waals surface area contributed by atoms with Gasteiger partial charge in [0.05, 0.1) is 21.7 Å². The number of imidazole rings is 1. The third-order valence-electron chi connectivity index (χ3n) is 8.66.